The lowest BCUT2D eigenvalue weighted by Gasteiger charge is -2.21. The maximum Gasteiger partial charge on any atom is 0.225 e. The summed E-state index contributed by atoms with van der Waals surface area (Å²) in [6.45, 7) is 1.83. The van der Waals surface area contributed by atoms with Gasteiger partial charge in [0.25, 0.3) is 0 Å². The number of pyridine rings is 1. The van der Waals surface area contributed by atoms with E-state index in [-0.39, 0.29) is 11.8 Å². The molecule has 0 aliphatic carbocycles. The molecule has 0 radical (unpaired) electrons. The number of hydrogen-bond donors (Lipinski definition) is 1. The highest BCUT2D eigenvalue weighted by Crippen LogP contribution is 2.13. The van der Waals surface area contributed by atoms with Gasteiger partial charge in [0.2, 0.25) is 5.91 Å². The molecule has 2 rings (SSSR count). The Morgan fingerprint density at radius 3 is 3.19 bits per heavy atom. The van der Waals surface area contributed by atoms with E-state index < -0.39 is 0 Å². The zero-order chi connectivity index (χ0) is 11.2. The van der Waals surface area contributed by atoms with Crippen molar-refractivity contribution in [2.24, 2.45) is 5.92 Å². The fraction of sp³-hybridized carbons (Fsp3) is 0.500. The summed E-state index contributed by atoms with van der Waals surface area (Å²) in [7, 11) is 0. The standard InChI is InChI=1S/C12H16N2O2/c15-12(10-4-3-7-16-9-10)14-8-11-5-1-2-6-13-11/h1-2,5-6,10H,3-4,7-9H2,(H,14,15). The van der Waals surface area contributed by atoms with E-state index in [1.54, 1.807) is 6.20 Å². The Morgan fingerprint density at radius 1 is 1.56 bits per heavy atom. The van der Waals surface area contributed by atoms with E-state index in [9.17, 15) is 4.79 Å². The van der Waals surface area contributed by atoms with E-state index in [1.165, 1.54) is 0 Å². The van der Waals surface area contributed by atoms with Crippen molar-refractivity contribution in [2.45, 2.75) is 19.4 Å². The third kappa shape index (κ3) is 3.03. The molecule has 1 aliphatic heterocycles. The summed E-state index contributed by atoms with van der Waals surface area (Å²) in [4.78, 5) is 15.9. The van der Waals surface area contributed by atoms with Crippen LogP contribution in [0.15, 0.2) is 24.4 Å². The summed E-state index contributed by atoms with van der Waals surface area (Å²) in [5.74, 6) is 0.0859. The Bertz CT molecular complexity index is 334. The minimum absolute atomic E-state index is 0.0115. The Morgan fingerprint density at radius 2 is 2.50 bits per heavy atom. The third-order valence-corrected chi connectivity index (χ3v) is 2.70. The monoisotopic (exact) mass is 220 g/mol. The van der Waals surface area contributed by atoms with Gasteiger partial charge in [-0.15, -0.1) is 0 Å². The van der Waals surface area contributed by atoms with E-state index in [0.29, 0.717) is 13.2 Å². The van der Waals surface area contributed by atoms with Crippen molar-refractivity contribution in [1.29, 1.82) is 0 Å². The van der Waals surface area contributed by atoms with Gasteiger partial charge in [0.15, 0.2) is 0 Å². The van der Waals surface area contributed by atoms with Crippen LogP contribution < -0.4 is 5.32 Å². The summed E-state index contributed by atoms with van der Waals surface area (Å²) < 4.78 is 5.28. The van der Waals surface area contributed by atoms with Gasteiger partial charge in [-0.3, -0.25) is 9.78 Å². The first kappa shape index (κ1) is 11.1. The molecule has 1 aliphatic rings. The molecule has 1 unspecified atom stereocenters. The maximum absolute atomic E-state index is 11.8. The molecule has 0 spiro atoms. The van der Waals surface area contributed by atoms with Gasteiger partial charge in [0, 0.05) is 12.8 Å². The summed E-state index contributed by atoms with van der Waals surface area (Å²) >= 11 is 0. The highest BCUT2D eigenvalue weighted by atomic mass is 16.5. The molecule has 1 aromatic rings. The molecule has 1 amide bonds. The van der Waals surface area contributed by atoms with Gasteiger partial charge in [0.05, 0.1) is 24.8 Å². The van der Waals surface area contributed by atoms with Crippen molar-refractivity contribution in [2.75, 3.05) is 13.2 Å². The molecular weight excluding hydrogens is 204 g/mol. The normalized spacial score (nSPS) is 20.4. The van der Waals surface area contributed by atoms with Crippen LogP contribution in [0.1, 0.15) is 18.5 Å². The van der Waals surface area contributed by atoms with Crippen molar-refractivity contribution < 1.29 is 9.53 Å². The van der Waals surface area contributed by atoms with Crippen LogP contribution in [0.2, 0.25) is 0 Å². The largest absolute Gasteiger partial charge is 0.381 e. The fourth-order valence-corrected chi connectivity index (χ4v) is 1.77. The van der Waals surface area contributed by atoms with E-state index >= 15 is 0 Å². The topological polar surface area (TPSA) is 51.2 Å². The Kier molecular flexibility index (Phi) is 3.88. The first-order valence-corrected chi connectivity index (χ1v) is 5.61. The van der Waals surface area contributed by atoms with Crippen LogP contribution >= 0.6 is 0 Å². The zero-order valence-corrected chi connectivity index (χ0v) is 9.19. The molecule has 1 atom stereocenters. The number of aromatic nitrogens is 1. The third-order valence-electron chi connectivity index (χ3n) is 2.70. The van der Waals surface area contributed by atoms with Gasteiger partial charge < -0.3 is 10.1 Å². The van der Waals surface area contributed by atoms with Gasteiger partial charge in [-0.25, -0.2) is 0 Å². The maximum atomic E-state index is 11.8. The van der Waals surface area contributed by atoms with Crippen molar-refractivity contribution in [3.05, 3.63) is 30.1 Å². The highest BCUT2D eigenvalue weighted by molar-refractivity contribution is 5.78. The minimum atomic E-state index is 0.0115. The second-order valence-electron chi connectivity index (χ2n) is 3.95. The van der Waals surface area contributed by atoms with Crippen LogP contribution in [-0.2, 0) is 16.1 Å². The molecule has 0 bridgehead atoms. The van der Waals surface area contributed by atoms with Crippen LogP contribution in [-0.4, -0.2) is 24.1 Å². The highest BCUT2D eigenvalue weighted by Gasteiger charge is 2.21. The SMILES string of the molecule is O=C(NCc1ccccn1)C1CCCOC1. The average molecular weight is 220 g/mol. The summed E-state index contributed by atoms with van der Waals surface area (Å²) in [5, 5.41) is 2.89. The molecule has 1 saturated heterocycles. The smallest absolute Gasteiger partial charge is 0.225 e. The van der Waals surface area contributed by atoms with Gasteiger partial charge in [-0.2, -0.15) is 0 Å². The first-order chi connectivity index (χ1) is 7.86. The number of carbonyl (C=O) groups is 1. The molecule has 0 aromatic carbocycles. The Labute approximate surface area is 95.0 Å². The lowest BCUT2D eigenvalue weighted by atomic mass is 10.0. The number of nitrogens with zero attached hydrogens (tertiary/aromatic N) is 1. The molecule has 1 aromatic heterocycles. The second kappa shape index (κ2) is 5.61. The van der Waals surface area contributed by atoms with Crippen LogP contribution in [0.5, 0.6) is 0 Å². The number of nitrogens with one attached hydrogen (secondary N) is 1. The molecule has 1 fully saturated rings. The molecule has 1 N–H and O–H groups in total. The molecule has 0 saturated carbocycles. The molecular formula is C12H16N2O2. The first-order valence-electron chi connectivity index (χ1n) is 5.61. The van der Waals surface area contributed by atoms with E-state index in [0.717, 1.165) is 25.1 Å². The number of amides is 1. The van der Waals surface area contributed by atoms with Crippen LogP contribution in [0, 0.1) is 5.92 Å². The average Bonchev–Trinajstić information content (AvgIpc) is 2.38. The second-order valence-corrected chi connectivity index (χ2v) is 3.95. The molecule has 4 heteroatoms. The zero-order valence-electron chi connectivity index (χ0n) is 9.19. The predicted octanol–water partition coefficient (Wildman–Crippen LogP) is 1.12. The summed E-state index contributed by atoms with van der Waals surface area (Å²) in [6.07, 6.45) is 3.63. The van der Waals surface area contributed by atoms with Crippen LogP contribution in [0.4, 0.5) is 0 Å². The van der Waals surface area contributed by atoms with Gasteiger partial charge in [-0.05, 0) is 25.0 Å². The van der Waals surface area contributed by atoms with Gasteiger partial charge in [0.1, 0.15) is 0 Å². The van der Waals surface area contributed by atoms with Gasteiger partial charge >= 0.3 is 0 Å². The van der Waals surface area contributed by atoms with E-state index in [4.69, 9.17) is 4.74 Å². The number of rotatable bonds is 3. The quantitative estimate of drug-likeness (QED) is 0.830. The van der Waals surface area contributed by atoms with Crippen molar-refractivity contribution in [3.63, 3.8) is 0 Å². The van der Waals surface area contributed by atoms with Crippen LogP contribution in [0.25, 0.3) is 0 Å². The van der Waals surface area contributed by atoms with Crippen molar-refractivity contribution in [3.8, 4) is 0 Å². The number of hydrogen-bond acceptors (Lipinski definition) is 3. The van der Waals surface area contributed by atoms with Crippen molar-refractivity contribution >= 4 is 5.91 Å². The van der Waals surface area contributed by atoms with Crippen molar-refractivity contribution in [1.82, 2.24) is 10.3 Å². The molecule has 2 heterocycles. The molecule has 16 heavy (non-hydrogen) atoms. The van der Waals surface area contributed by atoms with E-state index in [1.807, 2.05) is 18.2 Å². The molecule has 86 valence electrons. The number of carbonyl (C=O) groups excluding carboxylic acids is 1. The van der Waals surface area contributed by atoms with Crippen LogP contribution in [0.3, 0.4) is 0 Å². The Hall–Kier alpha value is -1.42. The predicted molar refractivity (Wildman–Crippen MR) is 59.6 cm³/mol. The lowest BCUT2D eigenvalue weighted by molar-refractivity contribution is -0.129. The Balaban J connectivity index is 1.79. The molecule has 4 nitrogen and oxygen atoms in total. The summed E-state index contributed by atoms with van der Waals surface area (Å²) in [5.41, 5.74) is 0.882. The number of ether oxygens (including phenoxy) is 1. The van der Waals surface area contributed by atoms with E-state index in [2.05, 4.69) is 10.3 Å². The van der Waals surface area contributed by atoms with Gasteiger partial charge in [-0.1, -0.05) is 6.07 Å². The fourth-order valence-electron chi connectivity index (χ4n) is 1.77. The lowest BCUT2D eigenvalue weighted by Crippen LogP contribution is -2.35. The minimum Gasteiger partial charge on any atom is -0.381 e. The summed E-state index contributed by atoms with van der Waals surface area (Å²) in [6, 6.07) is 5.68.